The van der Waals surface area contributed by atoms with Crippen LogP contribution in [0.1, 0.15) is 20.8 Å². The first kappa shape index (κ1) is 17.5. The molecular weight excluding hydrogens is 332 g/mol. The smallest absolute Gasteiger partial charge is 0.419 e. The third kappa shape index (κ3) is 4.18. The van der Waals surface area contributed by atoms with Crippen LogP contribution in [0.3, 0.4) is 0 Å². The Bertz CT molecular complexity index is 911. The summed E-state index contributed by atoms with van der Waals surface area (Å²) in [7, 11) is 0. The molecular formula is C19H20N4O3. The number of benzene rings is 1. The quantitative estimate of drug-likeness (QED) is 0.713. The van der Waals surface area contributed by atoms with Crippen LogP contribution in [0.15, 0.2) is 55.0 Å². The van der Waals surface area contributed by atoms with Gasteiger partial charge in [-0.25, -0.2) is 14.8 Å². The Kier molecular flexibility index (Phi) is 4.62. The maximum Gasteiger partial charge on any atom is 0.419 e. The normalized spacial score (nSPS) is 11.2. The topological polar surface area (TPSA) is 92.3 Å². The summed E-state index contributed by atoms with van der Waals surface area (Å²) in [5, 5.41) is 0. The number of nitrogen functional groups attached to an aromatic ring is 1. The van der Waals surface area contributed by atoms with E-state index in [1.54, 1.807) is 48.7 Å². The van der Waals surface area contributed by atoms with Crippen molar-refractivity contribution in [3.8, 4) is 23.0 Å². The summed E-state index contributed by atoms with van der Waals surface area (Å²) < 4.78 is 12.5. The van der Waals surface area contributed by atoms with Gasteiger partial charge in [0, 0.05) is 18.0 Å². The van der Waals surface area contributed by atoms with Crippen molar-refractivity contribution < 1.29 is 14.3 Å². The highest BCUT2D eigenvalue weighted by molar-refractivity contribution is 5.77. The standard InChI is InChI=1S/C19H20N4O3/c1-19(2,3)26-18(24)23-10-4-5-16(23)15-11-17(22-12-21-15)25-14-8-6-13(20)7-9-14/h4-12H,20H2,1-3H3. The van der Waals surface area contributed by atoms with Gasteiger partial charge in [0.1, 0.15) is 17.7 Å². The fourth-order valence-corrected chi connectivity index (χ4v) is 2.25. The van der Waals surface area contributed by atoms with Gasteiger partial charge >= 0.3 is 6.09 Å². The Labute approximate surface area is 151 Å². The van der Waals surface area contributed by atoms with E-state index in [-0.39, 0.29) is 0 Å². The zero-order valence-corrected chi connectivity index (χ0v) is 14.8. The lowest BCUT2D eigenvalue weighted by Crippen LogP contribution is -2.27. The molecule has 0 aliphatic rings. The summed E-state index contributed by atoms with van der Waals surface area (Å²) in [6, 6.07) is 12.2. The van der Waals surface area contributed by atoms with E-state index in [9.17, 15) is 4.79 Å². The number of rotatable bonds is 3. The number of carbonyl (C=O) groups is 1. The van der Waals surface area contributed by atoms with Gasteiger partial charge in [0.15, 0.2) is 0 Å². The second kappa shape index (κ2) is 6.87. The highest BCUT2D eigenvalue weighted by Gasteiger charge is 2.20. The minimum Gasteiger partial charge on any atom is -0.443 e. The highest BCUT2D eigenvalue weighted by Crippen LogP contribution is 2.25. The van der Waals surface area contributed by atoms with Crippen molar-refractivity contribution in [3.63, 3.8) is 0 Å². The molecule has 7 nitrogen and oxygen atoms in total. The molecule has 7 heteroatoms. The Morgan fingerprint density at radius 1 is 1.12 bits per heavy atom. The number of ether oxygens (including phenoxy) is 2. The second-order valence-corrected chi connectivity index (χ2v) is 6.66. The van der Waals surface area contributed by atoms with Crippen molar-refractivity contribution in [1.82, 2.24) is 14.5 Å². The number of anilines is 1. The Morgan fingerprint density at radius 2 is 1.85 bits per heavy atom. The summed E-state index contributed by atoms with van der Waals surface area (Å²) in [5.41, 5.74) is 6.86. The second-order valence-electron chi connectivity index (χ2n) is 6.66. The molecule has 2 heterocycles. The molecule has 0 spiro atoms. The maximum atomic E-state index is 12.4. The van der Waals surface area contributed by atoms with E-state index in [1.165, 1.54) is 10.9 Å². The first-order chi connectivity index (χ1) is 12.3. The van der Waals surface area contributed by atoms with E-state index in [1.807, 2.05) is 20.8 Å². The molecule has 0 saturated carbocycles. The molecule has 0 aliphatic heterocycles. The van der Waals surface area contributed by atoms with Crippen molar-refractivity contribution in [2.75, 3.05) is 5.73 Å². The monoisotopic (exact) mass is 352 g/mol. The molecule has 26 heavy (non-hydrogen) atoms. The van der Waals surface area contributed by atoms with Crippen LogP contribution in [0.25, 0.3) is 11.4 Å². The van der Waals surface area contributed by atoms with Crippen molar-refractivity contribution in [1.29, 1.82) is 0 Å². The molecule has 0 unspecified atom stereocenters. The number of aromatic nitrogens is 3. The van der Waals surface area contributed by atoms with Crippen molar-refractivity contribution in [3.05, 3.63) is 55.0 Å². The summed E-state index contributed by atoms with van der Waals surface area (Å²) in [6.07, 6.45) is 2.54. The zero-order chi connectivity index (χ0) is 18.7. The van der Waals surface area contributed by atoms with Crippen LogP contribution in [-0.4, -0.2) is 26.2 Å². The van der Waals surface area contributed by atoms with Crippen molar-refractivity contribution >= 4 is 11.8 Å². The van der Waals surface area contributed by atoms with E-state index < -0.39 is 11.7 Å². The van der Waals surface area contributed by atoms with Crippen LogP contribution in [0, 0.1) is 0 Å². The molecule has 3 aromatic rings. The van der Waals surface area contributed by atoms with Crippen LogP contribution in [0.5, 0.6) is 11.6 Å². The van der Waals surface area contributed by atoms with Gasteiger partial charge in [-0.05, 0) is 57.2 Å². The maximum absolute atomic E-state index is 12.4. The molecule has 0 aliphatic carbocycles. The number of carbonyl (C=O) groups excluding carboxylic acids is 1. The largest absolute Gasteiger partial charge is 0.443 e. The third-order valence-electron chi connectivity index (χ3n) is 3.35. The first-order valence-electron chi connectivity index (χ1n) is 8.08. The Balaban J connectivity index is 1.86. The van der Waals surface area contributed by atoms with Gasteiger partial charge < -0.3 is 15.2 Å². The van der Waals surface area contributed by atoms with E-state index in [2.05, 4.69) is 9.97 Å². The van der Waals surface area contributed by atoms with Crippen molar-refractivity contribution in [2.45, 2.75) is 26.4 Å². The van der Waals surface area contributed by atoms with Gasteiger partial charge in [-0.2, -0.15) is 0 Å². The van der Waals surface area contributed by atoms with Crippen LogP contribution in [-0.2, 0) is 4.74 Å². The van der Waals surface area contributed by atoms with Gasteiger partial charge in [-0.1, -0.05) is 0 Å². The molecule has 2 aromatic heterocycles. The molecule has 3 rings (SSSR count). The van der Waals surface area contributed by atoms with E-state index >= 15 is 0 Å². The summed E-state index contributed by atoms with van der Waals surface area (Å²) in [6.45, 7) is 5.45. The van der Waals surface area contributed by atoms with Crippen LogP contribution in [0.2, 0.25) is 0 Å². The van der Waals surface area contributed by atoms with Gasteiger partial charge in [-0.3, -0.25) is 4.57 Å². The number of nitrogens with zero attached hydrogens (tertiary/aromatic N) is 3. The van der Waals surface area contributed by atoms with Gasteiger partial charge in [0.05, 0.1) is 11.4 Å². The van der Waals surface area contributed by atoms with Crippen LogP contribution < -0.4 is 10.5 Å². The SMILES string of the molecule is CC(C)(C)OC(=O)n1cccc1-c1cc(Oc2ccc(N)cc2)ncn1. The fourth-order valence-electron chi connectivity index (χ4n) is 2.25. The Hall–Kier alpha value is -3.35. The minimum absolute atomic E-state index is 0.358. The lowest BCUT2D eigenvalue weighted by atomic mass is 10.2. The van der Waals surface area contributed by atoms with Crippen LogP contribution in [0.4, 0.5) is 10.5 Å². The van der Waals surface area contributed by atoms with Crippen molar-refractivity contribution in [2.24, 2.45) is 0 Å². The van der Waals surface area contributed by atoms with E-state index in [4.69, 9.17) is 15.2 Å². The molecule has 0 amide bonds. The molecule has 1 aromatic carbocycles. The zero-order valence-electron chi connectivity index (χ0n) is 14.8. The number of hydrogen-bond acceptors (Lipinski definition) is 6. The van der Waals surface area contributed by atoms with E-state index in [0.29, 0.717) is 28.7 Å². The summed E-state index contributed by atoms with van der Waals surface area (Å²) in [5.74, 6) is 0.961. The van der Waals surface area contributed by atoms with Crippen LogP contribution >= 0.6 is 0 Å². The predicted molar refractivity (Wildman–Crippen MR) is 98.0 cm³/mol. The lowest BCUT2D eigenvalue weighted by molar-refractivity contribution is 0.0540. The molecule has 0 bridgehead atoms. The molecule has 0 fully saturated rings. The average molecular weight is 352 g/mol. The lowest BCUT2D eigenvalue weighted by Gasteiger charge is -2.20. The summed E-state index contributed by atoms with van der Waals surface area (Å²) >= 11 is 0. The van der Waals surface area contributed by atoms with Gasteiger partial charge in [-0.15, -0.1) is 0 Å². The molecule has 0 radical (unpaired) electrons. The van der Waals surface area contributed by atoms with Gasteiger partial charge in [0.2, 0.25) is 5.88 Å². The fraction of sp³-hybridized carbons (Fsp3) is 0.211. The molecule has 0 atom stereocenters. The molecule has 134 valence electrons. The molecule has 0 saturated heterocycles. The number of hydrogen-bond donors (Lipinski definition) is 1. The third-order valence-corrected chi connectivity index (χ3v) is 3.35. The Morgan fingerprint density at radius 3 is 2.54 bits per heavy atom. The van der Waals surface area contributed by atoms with Gasteiger partial charge in [0.25, 0.3) is 0 Å². The number of nitrogens with two attached hydrogens (primary N) is 1. The predicted octanol–water partition coefficient (Wildman–Crippen LogP) is 4.10. The summed E-state index contributed by atoms with van der Waals surface area (Å²) in [4.78, 5) is 20.7. The highest BCUT2D eigenvalue weighted by atomic mass is 16.6. The average Bonchev–Trinajstić information content (AvgIpc) is 3.06. The van der Waals surface area contributed by atoms with E-state index in [0.717, 1.165) is 0 Å². The minimum atomic E-state index is -0.590. The molecule has 2 N–H and O–H groups in total. The first-order valence-corrected chi connectivity index (χ1v) is 8.08.